The van der Waals surface area contributed by atoms with Crippen LogP contribution in [0, 0.1) is 0 Å². The minimum atomic E-state index is 0.376. The fourth-order valence-corrected chi connectivity index (χ4v) is 4.48. The smallest absolute Gasteiger partial charge is 0.169 e. The Morgan fingerprint density at radius 2 is 1.88 bits per heavy atom. The Morgan fingerprint density at radius 1 is 1.04 bits per heavy atom. The molecule has 2 heterocycles. The Morgan fingerprint density at radius 3 is 2.72 bits per heavy atom. The van der Waals surface area contributed by atoms with Gasteiger partial charge in [0.05, 0.1) is 17.1 Å². The summed E-state index contributed by atoms with van der Waals surface area (Å²) in [5, 5.41) is 1.12. The van der Waals surface area contributed by atoms with Crippen LogP contribution < -0.4 is 0 Å². The number of thioether (sulfide) groups is 1. The molecule has 1 aromatic heterocycles. The molecule has 0 amide bonds. The van der Waals surface area contributed by atoms with Gasteiger partial charge in [0.25, 0.3) is 0 Å². The van der Waals surface area contributed by atoms with Crippen LogP contribution in [0.1, 0.15) is 24.8 Å². The van der Waals surface area contributed by atoms with Gasteiger partial charge in [-0.05, 0) is 43.4 Å². The summed E-state index contributed by atoms with van der Waals surface area (Å²) in [6.45, 7) is 1.87. The maximum atomic E-state index is 5.89. The zero-order valence-corrected chi connectivity index (χ0v) is 15.3. The molecule has 4 rings (SSSR count). The molecule has 25 heavy (non-hydrogen) atoms. The highest BCUT2D eigenvalue weighted by Gasteiger charge is 2.17. The van der Waals surface area contributed by atoms with E-state index in [4.69, 9.17) is 9.72 Å². The molecule has 1 saturated heterocycles. The summed E-state index contributed by atoms with van der Waals surface area (Å²) < 4.78 is 8.26. The first-order chi connectivity index (χ1) is 12.4. The topological polar surface area (TPSA) is 27.1 Å². The van der Waals surface area contributed by atoms with Crippen molar-refractivity contribution in [2.45, 2.75) is 43.5 Å². The van der Waals surface area contributed by atoms with Gasteiger partial charge < -0.3 is 9.30 Å². The van der Waals surface area contributed by atoms with Gasteiger partial charge in [0.1, 0.15) is 0 Å². The maximum absolute atomic E-state index is 5.89. The van der Waals surface area contributed by atoms with E-state index < -0.39 is 0 Å². The molecule has 0 N–H and O–H groups in total. The molecule has 3 aromatic rings. The summed E-state index contributed by atoms with van der Waals surface area (Å²) in [6, 6.07) is 19.1. The lowest BCUT2D eigenvalue weighted by Gasteiger charge is -2.22. The van der Waals surface area contributed by atoms with Crippen LogP contribution in [0.5, 0.6) is 0 Å². The number of benzene rings is 2. The number of rotatable bonds is 6. The van der Waals surface area contributed by atoms with E-state index in [2.05, 4.69) is 59.2 Å². The van der Waals surface area contributed by atoms with Crippen LogP contribution in [0.4, 0.5) is 0 Å². The summed E-state index contributed by atoms with van der Waals surface area (Å²) in [7, 11) is 0. The lowest BCUT2D eigenvalue weighted by atomic mass is 10.1. The molecule has 3 nitrogen and oxygen atoms in total. The van der Waals surface area contributed by atoms with E-state index in [0.717, 1.165) is 36.0 Å². The molecular weight excluding hydrogens is 328 g/mol. The molecule has 0 saturated carbocycles. The quantitative estimate of drug-likeness (QED) is 0.588. The molecule has 1 unspecified atom stereocenters. The molecule has 0 bridgehead atoms. The molecular formula is C21H24N2OS. The fourth-order valence-electron chi connectivity index (χ4n) is 3.37. The second-order valence-electron chi connectivity index (χ2n) is 6.57. The van der Waals surface area contributed by atoms with Crippen LogP contribution in [0.3, 0.4) is 0 Å². The zero-order chi connectivity index (χ0) is 16.9. The zero-order valence-electron chi connectivity index (χ0n) is 14.4. The summed E-state index contributed by atoms with van der Waals surface area (Å²) in [6.07, 6.45) is 5.07. The SMILES string of the molecule is c1ccc(CCn2c(SCC3CCCCO3)nc3ccccc32)cc1. The van der Waals surface area contributed by atoms with Gasteiger partial charge in [0, 0.05) is 18.9 Å². The lowest BCUT2D eigenvalue weighted by Crippen LogP contribution is -2.21. The third-order valence-corrected chi connectivity index (χ3v) is 5.87. The molecule has 130 valence electrons. The monoisotopic (exact) mass is 352 g/mol. The third kappa shape index (κ3) is 4.07. The minimum absolute atomic E-state index is 0.376. The number of aromatic nitrogens is 2. The maximum Gasteiger partial charge on any atom is 0.169 e. The van der Waals surface area contributed by atoms with Crippen molar-refractivity contribution in [3.8, 4) is 0 Å². The van der Waals surface area contributed by atoms with Gasteiger partial charge in [0.15, 0.2) is 5.16 Å². The van der Waals surface area contributed by atoms with Crippen molar-refractivity contribution in [3.05, 3.63) is 60.2 Å². The van der Waals surface area contributed by atoms with E-state index in [9.17, 15) is 0 Å². The molecule has 0 spiro atoms. The third-order valence-electron chi connectivity index (χ3n) is 4.76. The summed E-state index contributed by atoms with van der Waals surface area (Å²) in [4.78, 5) is 4.88. The first-order valence-electron chi connectivity index (χ1n) is 9.14. The van der Waals surface area contributed by atoms with Gasteiger partial charge in [-0.15, -0.1) is 0 Å². The predicted molar refractivity (Wildman–Crippen MR) is 104 cm³/mol. The fraction of sp³-hybridized carbons (Fsp3) is 0.381. The Bertz CT molecular complexity index is 809. The number of imidazole rings is 1. The number of nitrogens with zero attached hydrogens (tertiary/aromatic N) is 2. The molecule has 1 atom stereocenters. The number of hydrogen-bond donors (Lipinski definition) is 0. The Balaban J connectivity index is 1.52. The number of hydrogen-bond acceptors (Lipinski definition) is 3. The number of aryl methyl sites for hydroxylation is 2. The Kier molecular flexibility index (Phi) is 5.38. The van der Waals surface area contributed by atoms with Crippen molar-refractivity contribution in [2.24, 2.45) is 0 Å². The Hall–Kier alpha value is -1.78. The second kappa shape index (κ2) is 8.07. The van der Waals surface area contributed by atoms with Crippen LogP contribution >= 0.6 is 11.8 Å². The van der Waals surface area contributed by atoms with Gasteiger partial charge in [-0.2, -0.15) is 0 Å². The number of ether oxygens (including phenoxy) is 1. The van der Waals surface area contributed by atoms with E-state index in [0.29, 0.717) is 6.10 Å². The summed E-state index contributed by atoms with van der Waals surface area (Å²) >= 11 is 1.84. The van der Waals surface area contributed by atoms with E-state index in [1.54, 1.807) is 0 Å². The first kappa shape index (κ1) is 16.7. The molecule has 1 aliphatic rings. The largest absolute Gasteiger partial charge is 0.377 e. The highest BCUT2D eigenvalue weighted by molar-refractivity contribution is 7.99. The molecule has 0 aliphatic carbocycles. The van der Waals surface area contributed by atoms with Crippen molar-refractivity contribution in [1.82, 2.24) is 9.55 Å². The van der Waals surface area contributed by atoms with E-state index >= 15 is 0 Å². The van der Waals surface area contributed by atoms with Gasteiger partial charge >= 0.3 is 0 Å². The van der Waals surface area contributed by atoms with Gasteiger partial charge in [-0.25, -0.2) is 4.98 Å². The normalized spacial score (nSPS) is 17.8. The molecule has 2 aromatic carbocycles. The molecule has 4 heteroatoms. The molecule has 0 radical (unpaired) electrons. The van der Waals surface area contributed by atoms with E-state index in [1.165, 1.54) is 30.3 Å². The van der Waals surface area contributed by atoms with Crippen LogP contribution in [0.25, 0.3) is 11.0 Å². The average Bonchev–Trinajstić information content (AvgIpc) is 3.04. The van der Waals surface area contributed by atoms with Gasteiger partial charge in [-0.3, -0.25) is 0 Å². The average molecular weight is 353 g/mol. The van der Waals surface area contributed by atoms with Crippen molar-refractivity contribution < 1.29 is 4.74 Å². The van der Waals surface area contributed by atoms with Gasteiger partial charge in [-0.1, -0.05) is 54.2 Å². The molecule has 1 aliphatic heterocycles. The highest BCUT2D eigenvalue weighted by Crippen LogP contribution is 2.27. The van der Waals surface area contributed by atoms with Crippen molar-refractivity contribution in [1.29, 1.82) is 0 Å². The highest BCUT2D eigenvalue weighted by atomic mass is 32.2. The van der Waals surface area contributed by atoms with Crippen LogP contribution in [-0.2, 0) is 17.7 Å². The van der Waals surface area contributed by atoms with Crippen molar-refractivity contribution >= 4 is 22.8 Å². The second-order valence-corrected chi connectivity index (χ2v) is 7.56. The van der Waals surface area contributed by atoms with Crippen LogP contribution in [-0.4, -0.2) is 28.0 Å². The van der Waals surface area contributed by atoms with Crippen molar-refractivity contribution in [3.63, 3.8) is 0 Å². The summed E-state index contributed by atoms with van der Waals surface area (Å²) in [5.41, 5.74) is 3.68. The number of fused-ring (bicyclic) bond motifs is 1. The molecule has 1 fully saturated rings. The van der Waals surface area contributed by atoms with Crippen LogP contribution in [0.2, 0.25) is 0 Å². The summed E-state index contributed by atoms with van der Waals surface area (Å²) in [5.74, 6) is 0.995. The Labute approximate surface area is 153 Å². The number of para-hydroxylation sites is 2. The van der Waals surface area contributed by atoms with Gasteiger partial charge in [0.2, 0.25) is 0 Å². The standard InChI is InChI=1S/C21H24N2OS/c1-2-8-17(9-3-1)13-14-23-20-12-5-4-11-19(20)22-21(23)25-16-18-10-6-7-15-24-18/h1-5,8-9,11-12,18H,6-7,10,13-16H2. The first-order valence-corrected chi connectivity index (χ1v) is 10.1. The van der Waals surface area contributed by atoms with E-state index in [1.807, 2.05) is 11.8 Å². The lowest BCUT2D eigenvalue weighted by molar-refractivity contribution is 0.0315. The van der Waals surface area contributed by atoms with Crippen LogP contribution in [0.15, 0.2) is 59.8 Å². The predicted octanol–water partition coefficient (Wildman–Crippen LogP) is 4.94. The van der Waals surface area contributed by atoms with E-state index in [-0.39, 0.29) is 0 Å². The minimum Gasteiger partial charge on any atom is -0.377 e. The van der Waals surface area contributed by atoms with Crippen molar-refractivity contribution in [2.75, 3.05) is 12.4 Å².